The van der Waals surface area contributed by atoms with Crippen LogP contribution in [-0.4, -0.2) is 24.3 Å². The molecule has 1 aliphatic heterocycles. The van der Waals surface area contributed by atoms with Crippen LogP contribution >= 0.6 is 0 Å². The molecule has 0 saturated heterocycles. The summed E-state index contributed by atoms with van der Waals surface area (Å²) in [5.74, 6) is -3.98. The molecule has 1 heterocycles. The van der Waals surface area contributed by atoms with E-state index in [0.717, 1.165) is 32.4 Å². The lowest BCUT2D eigenvalue weighted by Gasteiger charge is -2.33. The van der Waals surface area contributed by atoms with Crippen LogP contribution in [0.2, 0.25) is 13.1 Å². The van der Waals surface area contributed by atoms with Gasteiger partial charge in [0.1, 0.15) is 13.8 Å². The van der Waals surface area contributed by atoms with Gasteiger partial charge in [-0.05, 0) is 62.6 Å². The molecule has 0 spiro atoms. The molecule has 4 rings (SSSR count). The highest BCUT2D eigenvalue weighted by Gasteiger charge is 2.36. The number of halogens is 2. The minimum Gasteiger partial charge on any atom is -0.508 e. The molecule has 0 atom stereocenters. The van der Waals surface area contributed by atoms with E-state index in [-0.39, 0.29) is 11.3 Å². The second-order valence-electron chi connectivity index (χ2n) is 8.16. The van der Waals surface area contributed by atoms with Gasteiger partial charge in [-0.2, -0.15) is 0 Å². The zero-order valence-corrected chi connectivity index (χ0v) is 17.8. The van der Waals surface area contributed by atoms with E-state index >= 15 is 4.39 Å². The van der Waals surface area contributed by atoms with Gasteiger partial charge in [0.25, 0.3) is 0 Å². The van der Waals surface area contributed by atoms with Crippen molar-refractivity contribution in [1.29, 1.82) is 0 Å². The summed E-state index contributed by atoms with van der Waals surface area (Å²) in [6, 6.07) is 11.7. The Hall–Kier alpha value is -3.25. The highest BCUT2D eigenvalue weighted by molar-refractivity contribution is 7.01. The van der Waals surface area contributed by atoms with Crippen LogP contribution in [0.3, 0.4) is 0 Å². The summed E-state index contributed by atoms with van der Waals surface area (Å²) in [5, 5.41) is 22.8. The Morgan fingerprint density at radius 3 is 2.37 bits per heavy atom. The van der Waals surface area contributed by atoms with Gasteiger partial charge in [-0.15, -0.1) is 0 Å². The van der Waals surface area contributed by atoms with Gasteiger partial charge in [-0.1, -0.05) is 43.9 Å². The molecule has 30 heavy (non-hydrogen) atoms. The third-order valence-electron chi connectivity index (χ3n) is 5.86. The van der Waals surface area contributed by atoms with E-state index in [9.17, 15) is 19.4 Å². The van der Waals surface area contributed by atoms with Crippen LogP contribution in [-0.2, 0) is 0 Å². The Morgan fingerprint density at radius 2 is 1.70 bits per heavy atom. The van der Waals surface area contributed by atoms with Gasteiger partial charge in [0.15, 0.2) is 11.6 Å². The fourth-order valence-corrected chi connectivity index (χ4v) is 7.48. The van der Waals surface area contributed by atoms with E-state index in [2.05, 4.69) is 19.7 Å². The first kappa shape index (κ1) is 20.0. The molecule has 0 amide bonds. The van der Waals surface area contributed by atoms with E-state index in [1.165, 1.54) is 6.07 Å². The minimum atomic E-state index is -2.28. The van der Waals surface area contributed by atoms with Crippen LogP contribution in [0.25, 0.3) is 12.2 Å². The first-order valence-corrected chi connectivity index (χ1v) is 12.4. The van der Waals surface area contributed by atoms with E-state index < -0.39 is 31.2 Å². The quantitative estimate of drug-likeness (QED) is 0.624. The third-order valence-corrected chi connectivity index (χ3v) is 9.38. The van der Waals surface area contributed by atoms with Crippen molar-refractivity contribution in [3.63, 3.8) is 0 Å². The Morgan fingerprint density at radius 1 is 1.00 bits per heavy atom. The maximum absolute atomic E-state index is 15.3. The number of rotatable bonds is 2. The predicted octanol–water partition coefficient (Wildman–Crippen LogP) is 2.47. The van der Waals surface area contributed by atoms with Crippen LogP contribution in [0.15, 0.2) is 42.5 Å². The van der Waals surface area contributed by atoms with E-state index in [1.807, 2.05) is 18.2 Å². The fourth-order valence-electron chi connectivity index (χ4n) is 4.37. The summed E-state index contributed by atoms with van der Waals surface area (Å²) in [6.45, 7) is 9.86. The Kier molecular flexibility index (Phi) is 4.43. The molecule has 0 saturated carbocycles. The maximum atomic E-state index is 15.3. The number of carboxylic acid groups (broad SMARTS) is 1. The van der Waals surface area contributed by atoms with Crippen LogP contribution in [0, 0.1) is 18.6 Å². The number of aromatic carboxylic acids is 1. The largest absolute Gasteiger partial charge is 0.508 e. The molecule has 152 valence electrons. The van der Waals surface area contributed by atoms with Crippen molar-refractivity contribution < 1.29 is 23.8 Å². The van der Waals surface area contributed by atoms with Gasteiger partial charge >= 0.3 is 5.97 Å². The number of fused-ring (bicyclic) bond motifs is 2. The normalized spacial score (nSPS) is 14.2. The van der Waals surface area contributed by atoms with Crippen molar-refractivity contribution in [2.75, 3.05) is 0 Å². The molecule has 3 aromatic carbocycles. The SMILES string of the molecule is C=c1ccc2c(c1)[Si](C)(C)c1cc(O)ccc1C=2c1c(C)cc(C(=O)O)c(F)c1F. The number of benzene rings is 3. The van der Waals surface area contributed by atoms with E-state index in [1.54, 1.807) is 19.1 Å². The van der Waals surface area contributed by atoms with Crippen molar-refractivity contribution in [3.8, 4) is 5.75 Å². The molecule has 0 fully saturated rings. The molecule has 0 aliphatic carbocycles. The minimum absolute atomic E-state index is 0.0343. The van der Waals surface area contributed by atoms with Gasteiger partial charge in [0.05, 0.1) is 5.56 Å². The Labute approximate surface area is 173 Å². The van der Waals surface area contributed by atoms with Crippen molar-refractivity contribution in [2.45, 2.75) is 20.0 Å². The van der Waals surface area contributed by atoms with Gasteiger partial charge in [0.2, 0.25) is 0 Å². The van der Waals surface area contributed by atoms with E-state index in [4.69, 9.17) is 0 Å². The first-order valence-electron chi connectivity index (χ1n) is 9.44. The summed E-state index contributed by atoms with van der Waals surface area (Å²) < 4.78 is 30.0. The smallest absolute Gasteiger partial charge is 0.338 e. The van der Waals surface area contributed by atoms with Gasteiger partial charge in [-0.25, -0.2) is 13.6 Å². The first-order chi connectivity index (χ1) is 14.0. The average Bonchev–Trinajstić information content (AvgIpc) is 2.67. The number of aromatic hydroxyl groups is 1. The number of carboxylic acids is 1. The topological polar surface area (TPSA) is 57.5 Å². The molecule has 0 aromatic heterocycles. The maximum Gasteiger partial charge on any atom is 0.338 e. The Balaban J connectivity index is 2.24. The van der Waals surface area contributed by atoms with Gasteiger partial charge in [-0.3, -0.25) is 0 Å². The van der Waals surface area contributed by atoms with Crippen LogP contribution in [0.4, 0.5) is 8.78 Å². The highest BCUT2D eigenvalue weighted by Crippen LogP contribution is 2.32. The van der Waals surface area contributed by atoms with Gasteiger partial charge < -0.3 is 10.2 Å². The summed E-state index contributed by atoms with van der Waals surface area (Å²) >= 11 is 0. The van der Waals surface area contributed by atoms with Crippen LogP contribution < -0.4 is 20.8 Å². The monoisotopic (exact) mass is 422 g/mol. The number of phenols is 1. The molecule has 3 aromatic rings. The average molecular weight is 423 g/mol. The zero-order chi connectivity index (χ0) is 22.0. The van der Waals surface area contributed by atoms with Crippen molar-refractivity contribution in [2.24, 2.45) is 0 Å². The molecule has 2 N–H and O–H groups in total. The molecule has 1 aliphatic rings. The highest BCUT2D eigenvalue weighted by atomic mass is 28.3. The number of hydrogen-bond acceptors (Lipinski definition) is 2. The second-order valence-corrected chi connectivity index (χ2v) is 12.5. The molecule has 0 unspecified atom stereocenters. The number of aryl methyl sites for hydroxylation is 1. The molecular formula is C24H20F2O3Si. The Bertz CT molecular complexity index is 1360. The van der Waals surface area contributed by atoms with Crippen LogP contribution in [0.5, 0.6) is 5.75 Å². The molecular weight excluding hydrogens is 402 g/mol. The molecule has 0 bridgehead atoms. The van der Waals surface area contributed by atoms with Crippen LogP contribution in [0.1, 0.15) is 27.0 Å². The molecule has 3 nitrogen and oxygen atoms in total. The summed E-state index contributed by atoms with van der Waals surface area (Å²) in [6.07, 6.45) is 0. The lowest BCUT2D eigenvalue weighted by molar-refractivity contribution is 0.0690. The fraction of sp³-hybridized carbons (Fsp3) is 0.125. The van der Waals surface area contributed by atoms with Crippen molar-refractivity contribution in [3.05, 3.63) is 86.8 Å². The number of carbonyl (C=O) groups is 1. The number of phenolic OH excluding ortho intramolecular Hbond substituents is 1. The summed E-state index contributed by atoms with van der Waals surface area (Å²) in [5.41, 5.74) is 0.883. The van der Waals surface area contributed by atoms with Crippen molar-refractivity contribution in [1.82, 2.24) is 0 Å². The number of hydrogen-bond donors (Lipinski definition) is 2. The summed E-state index contributed by atoms with van der Waals surface area (Å²) in [7, 11) is -2.28. The molecule has 6 heteroatoms. The predicted molar refractivity (Wildman–Crippen MR) is 116 cm³/mol. The standard InChI is InChI=1S/C24H20F2O3Si/c1-12-5-7-15-18(9-12)30(3,4)19-11-14(27)6-8-16(19)21(15)20-13(2)10-17(24(28)29)22(25)23(20)26/h5-11,27H,1H2,2-4H3,(H,28,29). The lowest BCUT2D eigenvalue weighted by Crippen LogP contribution is -2.63. The third kappa shape index (κ3) is 2.79. The summed E-state index contributed by atoms with van der Waals surface area (Å²) in [4.78, 5) is 11.3. The van der Waals surface area contributed by atoms with Crippen molar-refractivity contribution >= 4 is 36.6 Å². The molecule has 0 radical (unpaired) electrons. The zero-order valence-electron chi connectivity index (χ0n) is 16.8. The van der Waals surface area contributed by atoms with E-state index in [0.29, 0.717) is 11.1 Å². The van der Waals surface area contributed by atoms with Gasteiger partial charge in [0, 0.05) is 5.56 Å². The second kappa shape index (κ2) is 6.64. The lowest BCUT2D eigenvalue weighted by atomic mass is 9.90.